The van der Waals surface area contributed by atoms with E-state index < -0.39 is 0 Å². The Hall–Kier alpha value is -2.60. The van der Waals surface area contributed by atoms with Gasteiger partial charge in [-0.15, -0.1) is 11.8 Å². The van der Waals surface area contributed by atoms with Crippen molar-refractivity contribution in [2.24, 2.45) is 0 Å². The Kier molecular flexibility index (Phi) is 5.76. The molecule has 5 nitrogen and oxygen atoms in total. The zero-order valence-electron chi connectivity index (χ0n) is 16.0. The van der Waals surface area contributed by atoms with E-state index in [1.807, 2.05) is 30.3 Å². The van der Waals surface area contributed by atoms with Crippen LogP contribution in [0, 0.1) is 6.92 Å². The van der Waals surface area contributed by atoms with E-state index >= 15 is 0 Å². The van der Waals surface area contributed by atoms with Crippen molar-refractivity contribution >= 4 is 40.1 Å². The number of hydrogen-bond donors (Lipinski definition) is 1. The molecule has 0 spiro atoms. The van der Waals surface area contributed by atoms with E-state index in [-0.39, 0.29) is 5.91 Å². The van der Waals surface area contributed by atoms with Crippen molar-refractivity contribution in [3.8, 4) is 0 Å². The molecule has 3 heterocycles. The molecule has 0 aliphatic carbocycles. The molecule has 1 aliphatic heterocycles. The van der Waals surface area contributed by atoms with Gasteiger partial charge in [0.25, 0.3) is 0 Å². The van der Waals surface area contributed by atoms with Crippen molar-refractivity contribution in [3.63, 3.8) is 0 Å². The Morgan fingerprint density at radius 1 is 1.11 bits per heavy atom. The molecule has 2 aromatic heterocycles. The number of rotatable bonds is 5. The number of carbonyl (C=O) groups excluding carboxylic acids is 1. The van der Waals surface area contributed by atoms with Gasteiger partial charge in [-0.2, -0.15) is 0 Å². The standard InChI is InChI=1S/C22H24N4OS/c1-16-13-21(26-11-3-2-4-12-26)25-20-6-5-17(14-19(16)20)24-22(27)15-28-18-7-9-23-10-8-18/h5-10,13-14H,2-4,11-12,15H2,1H3,(H,24,27). The smallest absolute Gasteiger partial charge is 0.234 e. The molecule has 1 fully saturated rings. The number of nitrogens with zero attached hydrogens (tertiary/aromatic N) is 3. The quantitative estimate of drug-likeness (QED) is 0.640. The van der Waals surface area contributed by atoms with Gasteiger partial charge in [-0.05, 0) is 68.1 Å². The lowest BCUT2D eigenvalue weighted by Gasteiger charge is -2.28. The highest BCUT2D eigenvalue weighted by atomic mass is 32.2. The monoisotopic (exact) mass is 392 g/mol. The molecule has 1 amide bonds. The predicted octanol–water partition coefficient (Wildman–Crippen LogP) is 4.66. The number of nitrogens with one attached hydrogen (secondary N) is 1. The van der Waals surface area contributed by atoms with Crippen LogP contribution < -0.4 is 10.2 Å². The van der Waals surface area contributed by atoms with Crippen LogP contribution in [-0.2, 0) is 4.79 Å². The summed E-state index contributed by atoms with van der Waals surface area (Å²) in [6, 6.07) is 11.9. The largest absolute Gasteiger partial charge is 0.357 e. The first-order valence-corrected chi connectivity index (χ1v) is 10.7. The molecule has 1 N–H and O–H groups in total. The molecule has 0 radical (unpaired) electrons. The fourth-order valence-corrected chi connectivity index (χ4v) is 4.20. The molecule has 1 aliphatic rings. The second-order valence-electron chi connectivity index (χ2n) is 7.10. The van der Waals surface area contributed by atoms with Crippen molar-refractivity contribution in [2.75, 3.05) is 29.1 Å². The number of pyridine rings is 2. The van der Waals surface area contributed by atoms with E-state index in [9.17, 15) is 4.79 Å². The fraction of sp³-hybridized carbons (Fsp3) is 0.318. The fourth-order valence-electron chi connectivity index (χ4n) is 3.52. The van der Waals surface area contributed by atoms with Crippen LogP contribution in [0.1, 0.15) is 24.8 Å². The van der Waals surface area contributed by atoms with Gasteiger partial charge in [0.05, 0.1) is 11.3 Å². The van der Waals surface area contributed by atoms with E-state index in [1.54, 1.807) is 12.4 Å². The average molecular weight is 393 g/mol. The summed E-state index contributed by atoms with van der Waals surface area (Å²) in [6.45, 7) is 4.28. The molecule has 4 rings (SSSR count). The topological polar surface area (TPSA) is 58.1 Å². The van der Waals surface area contributed by atoms with Crippen molar-refractivity contribution in [3.05, 3.63) is 54.4 Å². The van der Waals surface area contributed by atoms with Gasteiger partial charge < -0.3 is 10.2 Å². The molecule has 0 atom stereocenters. The third-order valence-corrected chi connectivity index (χ3v) is 6.00. The zero-order chi connectivity index (χ0) is 19.3. The number of hydrogen-bond acceptors (Lipinski definition) is 5. The van der Waals surface area contributed by atoms with Crippen molar-refractivity contribution < 1.29 is 4.79 Å². The molecular weight excluding hydrogens is 368 g/mol. The van der Waals surface area contributed by atoms with E-state index in [1.165, 1.54) is 36.6 Å². The maximum absolute atomic E-state index is 12.3. The average Bonchev–Trinajstić information content (AvgIpc) is 2.74. The minimum absolute atomic E-state index is 0.0169. The van der Waals surface area contributed by atoms with Crippen molar-refractivity contribution in [1.29, 1.82) is 0 Å². The Morgan fingerprint density at radius 3 is 2.68 bits per heavy atom. The summed E-state index contributed by atoms with van der Waals surface area (Å²) in [5.41, 5.74) is 2.97. The Labute approximate surface area is 169 Å². The van der Waals surface area contributed by atoms with Crippen LogP contribution in [0.15, 0.2) is 53.7 Å². The number of benzene rings is 1. The number of anilines is 2. The Bertz CT molecular complexity index is 971. The maximum atomic E-state index is 12.3. The van der Waals surface area contributed by atoms with Gasteiger partial charge in [0.2, 0.25) is 5.91 Å². The van der Waals surface area contributed by atoms with Gasteiger partial charge in [-0.3, -0.25) is 9.78 Å². The molecule has 6 heteroatoms. The van der Waals surface area contributed by atoms with Crippen LogP contribution in [0.3, 0.4) is 0 Å². The lowest BCUT2D eigenvalue weighted by atomic mass is 10.1. The van der Waals surface area contributed by atoms with E-state index in [4.69, 9.17) is 4.98 Å². The van der Waals surface area contributed by atoms with Gasteiger partial charge in [0, 0.05) is 41.5 Å². The SMILES string of the molecule is Cc1cc(N2CCCCC2)nc2ccc(NC(=O)CSc3ccncc3)cc12. The number of piperidine rings is 1. The lowest BCUT2D eigenvalue weighted by Crippen LogP contribution is -2.30. The minimum Gasteiger partial charge on any atom is -0.357 e. The molecular formula is C22H24N4OS. The summed E-state index contributed by atoms with van der Waals surface area (Å²) in [7, 11) is 0. The summed E-state index contributed by atoms with van der Waals surface area (Å²) >= 11 is 1.50. The summed E-state index contributed by atoms with van der Waals surface area (Å²) in [5, 5.41) is 4.08. The van der Waals surface area contributed by atoms with Crippen LogP contribution in [0.4, 0.5) is 11.5 Å². The summed E-state index contributed by atoms with van der Waals surface area (Å²) in [6.07, 6.45) is 7.25. The van der Waals surface area contributed by atoms with Gasteiger partial charge in [0.15, 0.2) is 0 Å². The number of amides is 1. The normalized spacial score (nSPS) is 14.2. The molecule has 144 valence electrons. The molecule has 0 bridgehead atoms. The summed E-state index contributed by atoms with van der Waals surface area (Å²) in [5.74, 6) is 1.42. The number of fused-ring (bicyclic) bond motifs is 1. The highest BCUT2D eigenvalue weighted by Gasteiger charge is 2.14. The highest BCUT2D eigenvalue weighted by Crippen LogP contribution is 2.27. The lowest BCUT2D eigenvalue weighted by molar-refractivity contribution is -0.113. The highest BCUT2D eigenvalue weighted by molar-refractivity contribution is 8.00. The predicted molar refractivity (Wildman–Crippen MR) is 116 cm³/mol. The molecule has 1 saturated heterocycles. The first-order chi connectivity index (χ1) is 13.7. The maximum Gasteiger partial charge on any atom is 0.234 e. The summed E-state index contributed by atoms with van der Waals surface area (Å²) in [4.78, 5) is 24.6. The van der Waals surface area contributed by atoms with Gasteiger partial charge in [-0.1, -0.05) is 0 Å². The first kappa shape index (κ1) is 18.7. The van der Waals surface area contributed by atoms with Gasteiger partial charge in [-0.25, -0.2) is 4.98 Å². The number of aromatic nitrogens is 2. The zero-order valence-corrected chi connectivity index (χ0v) is 16.8. The molecule has 3 aromatic rings. The van der Waals surface area contributed by atoms with Crippen LogP contribution >= 0.6 is 11.8 Å². The molecule has 0 saturated carbocycles. The second kappa shape index (κ2) is 8.61. The Balaban J connectivity index is 1.46. The number of carbonyl (C=O) groups is 1. The number of aryl methyl sites for hydroxylation is 1. The number of thioether (sulfide) groups is 1. The van der Waals surface area contributed by atoms with Crippen LogP contribution in [0.5, 0.6) is 0 Å². The third kappa shape index (κ3) is 4.44. The molecule has 28 heavy (non-hydrogen) atoms. The second-order valence-corrected chi connectivity index (χ2v) is 8.15. The van der Waals surface area contributed by atoms with E-state index in [0.29, 0.717) is 5.75 Å². The first-order valence-electron chi connectivity index (χ1n) is 9.68. The van der Waals surface area contributed by atoms with Crippen LogP contribution in [0.25, 0.3) is 10.9 Å². The Morgan fingerprint density at radius 2 is 1.89 bits per heavy atom. The van der Waals surface area contributed by atoms with Crippen molar-refractivity contribution in [2.45, 2.75) is 31.1 Å². The molecule has 1 aromatic carbocycles. The third-order valence-electron chi connectivity index (χ3n) is 4.99. The van der Waals surface area contributed by atoms with E-state index in [2.05, 4.69) is 28.2 Å². The van der Waals surface area contributed by atoms with Gasteiger partial charge in [0.1, 0.15) is 5.82 Å². The minimum atomic E-state index is -0.0169. The van der Waals surface area contributed by atoms with Gasteiger partial charge >= 0.3 is 0 Å². The van der Waals surface area contributed by atoms with E-state index in [0.717, 1.165) is 40.4 Å². The van der Waals surface area contributed by atoms with Crippen molar-refractivity contribution in [1.82, 2.24) is 9.97 Å². The molecule has 0 unspecified atom stereocenters. The van der Waals surface area contributed by atoms with Crippen LogP contribution in [0.2, 0.25) is 0 Å². The van der Waals surface area contributed by atoms with Crippen LogP contribution in [-0.4, -0.2) is 34.7 Å². The summed E-state index contributed by atoms with van der Waals surface area (Å²) < 4.78 is 0.